The van der Waals surface area contributed by atoms with E-state index < -0.39 is 15.8 Å². The number of rotatable bonds is 7. The Morgan fingerprint density at radius 2 is 1.69 bits per heavy atom. The SMILES string of the molecule is COc1ccc(F)c(-c2ccc(S(=O)(=O)Nc3nc(N4CC(C)NC(C)C4)ccc3OC)cc2)c1. The third-order valence-electron chi connectivity index (χ3n) is 5.83. The maximum Gasteiger partial charge on any atom is 0.263 e. The molecule has 0 amide bonds. The standard InChI is InChI=1S/C25H29FN4O4S/c1-16-14-30(15-17(2)27-16)24-12-11-23(34-4)25(28-24)29-35(31,32)20-8-5-18(6-9-20)21-13-19(33-3)7-10-22(21)26/h5-13,16-17,27H,14-15H2,1-4H3,(H,28,29). The van der Waals surface area contributed by atoms with E-state index in [1.807, 2.05) is 6.07 Å². The second-order valence-electron chi connectivity index (χ2n) is 8.57. The fraction of sp³-hybridized carbons (Fsp3) is 0.320. The van der Waals surface area contributed by atoms with Gasteiger partial charge >= 0.3 is 0 Å². The molecule has 0 saturated carbocycles. The van der Waals surface area contributed by atoms with Crippen molar-refractivity contribution in [1.82, 2.24) is 10.3 Å². The van der Waals surface area contributed by atoms with Crippen LogP contribution in [0.25, 0.3) is 11.1 Å². The molecule has 3 aromatic rings. The molecule has 1 saturated heterocycles. The van der Waals surface area contributed by atoms with E-state index in [1.165, 1.54) is 38.5 Å². The molecule has 10 heteroatoms. The molecule has 2 aromatic carbocycles. The lowest BCUT2D eigenvalue weighted by Crippen LogP contribution is -2.54. The summed E-state index contributed by atoms with van der Waals surface area (Å²) in [5.41, 5.74) is 0.844. The van der Waals surface area contributed by atoms with Crippen molar-refractivity contribution in [2.24, 2.45) is 0 Å². The van der Waals surface area contributed by atoms with E-state index in [0.717, 1.165) is 13.1 Å². The molecule has 2 unspecified atom stereocenters. The fourth-order valence-corrected chi connectivity index (χ4v) is 5.23. The van der Waals surface area contributed by atoms with Crippen molar-refractivity contribution in [1.29, 1.82) is 0 Å². The van der Waals surface area contributed by atoms with E-state index in [2.05, 4.69) is 33.8 Å². The minimum Gasteiger partial charge on any atom is -0.497 e. The molecule has 0 bridgehead atoms. The summed E-state index contributed by atoms with van der Waals surface area (Å²) in [5.74, 6) is 1.15. The predicted molar refractivity (Wildman–Crippen MR) is 134 cm³/mol. The molecule has 1 aliphatic heterocycles. The Balaban J connectivity index is 1.60. The van der Waals surface area contributed by atoms with Gasteiger partial charge in [0.1, 0.15) is 17.4 Å². The van der Waals surface area contributed by atoms with Crippen molar-refractivity contribution in [2.75, 3.05) is 36.9 Å². The zero-order chi connectivity index (χ0) is 25.2. The number of pyridine rings is 1. The number of aromatic nitrogens is 1. The number of halogens is 1. The molecule has 4 rings (SSSR count). The van der Waals surface area contributed by atoms with Crippen molar-refractivity contribution >= 4 is 21.7 Å². The summed E-state index contributed by atoms with van der Waals surface area (Å²) in [5, 5.41) is 3.47. The summed E-state index contributed by atoms with van der Waals surface area (Å²) in [6, 6.07) is 14.4. The van der Waals surface area contributed by atoms with E-state index in [4.69, 9.17) is 9.47 Å². The molecule has 0 radical (unpaired) electrons. The average molecular weight is 501 g/mol. The number of benzene rings is 2. The van der Waals surface area contributed by atoms with Crippen molar-refractivity contribution in [3.8, 4) is 22.6 Å². The van der Waals surface area contributed by atoms with E-state index in [0.29, 0.717) is 28.4 Å². The van der Waals surface area contributed by atoms with Crippen molar-refractivity contribution in [3.05, 3.63) is 60.4 Å². The second-order valence-corrected chi connectivity index (χ2v) is 10.3. The molecule has 1 aliphatic rings. The molecule has 2 heterocycles. The molecule has 0 aliphatic carbocycles. The first-order valence-corrected chi connectivity index (χ1v) is 12.7. The largest absolute Gasteiger partial charge is 0.497 e. The number of anilines is 2. The van der Waals surface area contributed by atoms with Gasteiger partial charge in [-0.1, -0.05) is 12.1 Å². The fourth-order valence-electron chi connectivity index (χ4n) is 4.22. The van der Waals surface area contributed by atoms with Crippen LogP contribution in [0.4, 0.5) is 16.0 Å². The number of sulfonamides is 1. The molecular formula is C25H29FN4O4S. The molecular weight excluding hydrogens is 471 g/mol. The molecule has 0 spiro atoms. The third-order valence-corrected chi connectivity index (χ3v) is 7.18. The van der Waals surface area contributed by atoms with Gasteiger partial charge in [-0.05, 0) is 61.9 Å². The number of methoxy groups -OCH3 is 2. The van der Waals surface area contributed by atoms with Crippen molar-refractivity contribution in [3.63, 3.8) is 0 Å². The van der Waals surface area contributed by atoms with Crippen LogP contribution in [-0.4, -0.2) is 52.8 Å². The Kier molecular flexibility index (Phi) is 7.13. The number of hydrogen-bond acceptors (Lipinski definition) is 7. The van der Waals surface area contributed by atoms with Gasteiger partial charge in [-0.3, -0.25) is 4.72 Å². The van der Waals surface area contributed by atoms with Gasteiger partial charge in [0, 0.05) is 30.7 Å². The molecule has 2 atom stereocenters. The maximum atomic E-state index is 14.3. The van der Waals surface area contributed by atoms with Gasteiger partial charge in [-0.15, -0.1) is 0 Å². The first-order chi connectivity index (χ1) is 16.7. The highest BCUT2D eigenvalue weighted by molar-refractivity contribution is 7.92. The molecule has 1 fully saturated rings. The number of hydrogen-bond donors (Lipinski definition) is 2. The summed E-state index contributed by atoms with van der Waals surface area (Å²) in [6.45, 7) is 5.68. The summed E-state index contributed by atoms with van der Waals surface area (Å²) >= 11 is 0. The predicted octanol–water partition coefficient (Wildman–Crippen LogP) is 3.89. The van der Waals surface area contributed by atoms with Gasteiger partial charge < -0.3 is 19.7 Å². The lowest BCUT2D eigenvalue weighted by atomic mass is 10.1. The normalized spacial score (nSPS) is 18.3. The van der Waals surface area contributed by atoms with Crippen molar-refractivity contribution < 1.29 is 22.3 Å². The van der Waals surface area contributed by atoms with Crippen LogP contribution >= 0.6 is 0 Å². The van der Waals surface area contributed by atoms with Gasteiger partial charge in [0.25, 0.3) is 10.0 Å². The Bertz CT molecular complexity index is 1290. The second kappa shape index (κ2) is 10.1. The average Bonchev–Trinajstić information content (AvgIpc) is 2.83. The maximum absolute atomic E-state index is 14.3. The lowest BCUT2D eigenvalue weighted by Gasteiger charge is -2.37. The van der Waals surface area contributed by atoms with E-state index >= 15 is 0 Å². The highest BCUT2D eigenvalue weighted by atomic mass is 32.2. The van der Waals surface area contributed by atoms with Crippen LogP contribution in [0.2, 0.25) is 0 Å². The van der Waals surface area contributed by atoms with Gasteiger partial charge in [0.15, 0.2) is 11.6 Å². The number of nitrogens with zero attached hydrogens (tertiary/aromatic N) is 2. The number of nitrogens with one attached hydrogen (secondary N) is 2. The van der Waals surface area contributed by atoms with Crippen LogP contribution in [0.1, 0.15) is 13.8 Å². The monoisotopic (exact) mass is 500 g/mol. The minimum atomic E-state index is -3.98. The zero-order valence-electron chi connectivity index (χ0n) is 20.1. The topological polar surface area (TPSA) is 92.8 Å². The first-order valence-electron chi connectivity index (χ1n) is 11.2. The Labute approximate surface area is 205 Å². The Morgan fingerprint density at radius 1 is 1.00 bits per heavy atom. The Morgan fingerprint density at radius 3 is 2.31 bits per heavy atom. The summed E-state index contributed by atoms with van der Waals surface area (Å²) < 4.78 is 53.7. The van der Waals surface area contributed by atoms with Crippen LogP contribution in [0.3, 0.4) is 0 Å². The van der Waals surface area contributed by atoms with Crippen LogP contribution in [0, 0.1) is 5.82 Å². The zero-order valence-corrected chi connectivity index (χ0v) is 20.9. The number of piperazine rings is 1. The van der Waals surface area contributed by atoms with Gasteiger partial charge in [-0.2, -0.15) is 0 Å². The van der Waals surface area contributed by atoms with Crippen LogP contribution in [0.5, 0.6) is 11.5 Å². The van der Waals surface area contributed by atoms with E-state index in [1.54, 1.807) is 24.3 Å². The minimum absolute atomic E-state index is 0.0169. The van der Waals surface area contributed by atoms with Crippen LogP contribution < -0.4 is 24.4 Å². The highest BCUT2D eigenvalue weighted by Crippen LogP contribution is 2.31. The summed E-state index contributed by atoms with van der Waals surface area (Å²) in [6.07, 6.45) is 0. The first kappa shape index (κ1) is 24.7. The summed E-state index contributed by atoms with van der Waals surface area (Å²) in [7, 11) is -1.02. The molecule has 186 valence electrons. The van der Waals surface area contributed by atoms with Gasteiger partial charge in [0.2, 0.25) is 0 Å². The van der Waals surface area contributed by atoms with E-state index in [-0.39, 0.29) is 22.8 Å². The highest BCUT2D eigenvalue weighted by Gasteiger charge is 2.24. The Hall–Kier alpha value is -3.37. The van der Waals surface area contributed by atoms with Gasteiger partial charge in [-0.25, -0.2) is 17.8 Å². The molecule has 35 heavy (non-hydrogen) atoms. The number of ether oxygens (including phenoxy) is 2. The molecule has 2 N–H and O–H groups in total. The van der Waals surface area contributed by atoms with Crippen LogP contribution in [-0.2, 0) is 10.0 Å². The van der Waals surface area contributed by atoms with Gasteiger partial charge in [0.05, 0.1) is 19.1 Å². The summed E-state index contributed by atoms with van der Waals surface area (Å²) in [4.78, 5) is 6.69. The smallest absolute Gasteiger partial charge is 0.263 e. The molecule has 8 nitrogen and oxygen atoms in total. The van der Waals surface area contributed by atoms with E-state index in [9.17, 15) is 12.8 Å². The molecule has 1 aromatic heterocycles. The lowest BCUT2D eigenvalue weighted by molar-refractivity contribution is 0.403. The van der Waals surface area contributed by atoms with Crippen LogP contribution in [0.15, 0.2) is 59.5 Å². The van der Waals surface area contributed by atoms with Crippen molar-refractivity contribution in [2.45, 2.75) is 30.8 Å². The quantitative estimate of drug-likeness (QED) is 0.508. The third kappa shape index (κ3) is 5.49.